The molecule has 144 valence electrons. The minimum Gasteiger partial charge on any atom is -0.495 e. The second-order valence-electron chi connectivity index (χ2n) is 6.53. The summed E-state index contributed by atoms with van der Waals surface area (Å²) in [6.45, 7) is 3.56. The number of nitrogens with zero attached hydrogens (tertiary/aromatic N) is 2. The van der Waals surface area contributed by atoms with Crippen molar-refractivity contribution in [1.29, 1.82) is 0 Å². The Labute approximate surface area is 160 Å². The van der Waals surface area contributed by atoms with Gasteiger partial charge in [-0.05, 0) is 30.7 Å². The highest BCUT2D eigenvalue weighted by molar-refractivity contribution is 5.76. The summed E-state index contributed by atoms with van der Waals surface area (Å²) >= 11 is 0. The van der Waals surface area contributed by atoms with E-state index in [1.807, 2.05) is 47.4 Å². The van der Waals surface area contributed by atoms with E-state index in [2.05, 4.69) is 11.0 Å². The van der Waals surface area contributed by atoms with E-state index in [9.17, 15) is 4.79 Å². The predicted octanol–water partition coefficient (Wildman–Crippen LogP) is 2.79. The van der Waals surface area contributed by atoms with Crippen LogP contribution < -0.4 is 20.1 Å². The first-order valence-electron chi connectivity index (χ1n) is 9.32. The lowest BCUT2D eigenvalue weighted by Crippen LogP contribution is -2.48. The van der Waals surface area contributed by atoms with E-state index < -0.39 is 0 Å². The molecule has 6 nitrogen and oxygen atoms in total. The number of anilines is 2. The molecule has 0 atom stereocenters. The summed E-state index contributed by atoms with van der Waals surface area (Å²) in [5.41, 5.74) is 7.55. The largest absolute Gasteiger partial charge is 0.495 e. The second kappa shape index (κ2) is 9.16. The van der Waals surface area contributed by atoms with Gasteiger partial charge < -0.3 is 25.0 Å². The van der Waals surface area contributed by atoms with Crippen LogP contribution in [0.4, 0.5) is 11.4 Å². The van der Waals surface area contributed by atoms with Crippen molar-refractivity contribution >= 4 is 17.3 Å². The molecular weight excluding hydrogens is 342 g/mol. The molecule has 2 N–H and O–H groups in total. The number of para-hydroxylation sites is 4. The van der Waals surface area contributed by atoms with Crippen molar-refractivity contribution in [2.45, 2.75) is 12.8 Å². The molecule has 0 spiro atoms. The molecule has 0 unspecified atom stereocenters. The Bertz CT molecular complexity index is 758. The molecule has 0 bridgehead atoms. The topological polar surface area (TPSA) is 68.0 Å². The lowest BCUT2D eigenvalue weighted by molar-refractivity contribution is -0.131. The molecule has 0 aliphatic carbocycles. The number of carbonyl (C=O) groups excluding carboxylic acids is 1. The molecule has 1 aliphatic rings. The smallest absolute Gasteiger partial charge is 0.222 e. The van der Waals surface area contributed by atoms with Crippen LogP contribution in [0.3, 0.4) is 0 Å². The van der Waals surface area contributed by atoms with Gasteiger partial charge in [-0.3, -0.25) is 4.79 Å². The predicted molar refractivity (Wildman–Crippen MR) is 107 cm³/mol. The maximum absolute atomic E-state index is 12.4. The van der Waals surface area contributed by atoms with E-state index in [4.69, 9.17) is 15.2 Å². The van der Waals surface area contributed by atoms with Gasteiger partial charge in [0.05, 0.1) is 25.1 Å². The van der Waals surface area contributed by atoms with Crippen LogP contribution in [0.5, 0.6) is 11.5 Å². The summed E-state index contributed by atoms with van der Waals surface area (Å²) in [5.74, 6) is 1.73. The van der Waals surface area contributed by atoms with Gasteiger partial charge in [0.1, 0.15) is 11.5 Å². The van der Waals surface area contributed by atoms with Crippen LogP contribution >= 0.6 is 0 Å². The van der Waals surface area contributed by atoms with Crippen molar-refractivity contribution in [3.63, 3.8) is 0 Å². The number of nitrogens with two attached hydrogens (primary N) is 1. The van der Waals surface area contributed by atoms with E-state index in [0.29, 0.717) is 30.9 Å². The van der Waals surface area contributed by atoms with Gasteiger partial charge in [-0.15, -0.1) is 0 Å². The molecule has 27 heavy (non-hydrogen) atoms. The van der Waals surface area contributed by atoms with Gasteiger partial charge in [-0.25, -0.2) is 0 Å². The number of carbonyl (C=O) groups is 1. The molecule has 6 heteroatoms. The van der Waals surface area contributed by atoms with E-state index in [1.54, 1.807) is 7.11 Å². The standard InChI is InChI=1S/C21H27N3O3/c1-26-20-10-5-3-8-18(20)23-12-14-24(15-13-23)21(25)11-6-16-27-19-9-4-2-7-17(19)22/h2-5,7-10H,6,11-16,22H2,1H3. The molecular formula is C21H27N3O3. The van der Waals surface area contributed by atoms with Crippen molar-refractivity contribution in [2.24, 2.45) is 0 Å². The zero-order valence-corrected chi connectivity index (χ0v) is 15.8. The van der Waals surface area contributed by atoms with Gasteiger partial charge >= 0.3 is 0 Å². The molecule has 3 rings (SSSR count). The highest BCUT2D eigenvalue weighted by Gasteiger charge is 2.22. The first kappa shape index (κ1) is 18.9. The lowest BCUT2D eigenvalue weighted by atomic mass is 10.2. The van der Waals surface area contributed by atoms with Crippen LogP contribution in [-0.4, -0.2) is 50.7 Å². The van der Waals surface area contributed by atoms with Crippen LogP contribution in [0.15, 0.2) is 48.5 Å². The zero-order valence-electron chi connectivity index (χ0n) is 15.8. The van der Waals surface area contributed by atoms with Gasteiger partial charge in [0.2, 0.25) is 5.91 Å². The highest BCUT2D eigenvalue weighted by Crippen LogP contribution is 2.28. The second-order valence-corrected chi connectivity index (χ2v) is 6.53. The molecule has 0 radical (unpaired) electrons. The van der Waals surface area contributed by atoms with Crippen molar-refractivity contribution in [1.82, 2.24) is 4.90 Å². The Morgan fingerprint density at radius 3 is 2.37 bits per heavy atom. The summed E-state index contributed by atoms with van der Waals surface area (Å²) in [6.07, 6.45) is 1.17. The number of hydrogen-bond donors (Lipinski definition) is 1. The average Bonchev–Trinajstić information content (AvgIpc) is 2.72. The summed E-state index contributed by atoms with van der Waals surface area (Å²) < 4.78 is 11.1. The third kappa shape index (κ3) is 4.84. The number of nitrogen functional groups attached to an aromatic ring is 1. The van der Waals surface area contributed by atoms with Crippen molar-refractivity contribution < 1.29 is 14.3 Å². The maximum Gasteiger partial charge on any atom is 0.222 e. The Morgan fingerprint density at radius 1 is 1.00 bits per heavy atom. The summed E-state index contributed by atoms with van der Waals surface area (Å²) in [4.78, 5) is 16.6. The number of hydrogen-bond acceptors (Lipinski definition) is 5. The van der Waals surface area contributed by atoms with Gasteiger partial charge in [0, 0.05) is 32.6 Å². The monoisotopic (exact) mass is 369 g/mol. The van der Waals surface area contributed by atoms with E-state index in [1.165, 1.54) is 0 Å². The zero-order chi connectivity index (χ0) is 19.1. The van der Waals surface area contributed by atoms with Gasteiger partial charge in [0.15, 0.2) is 0 Å². The number of piperazine rings is 1. The Morgan fingerprint density at radius 2 is 1.67 bits per heavy atom. The molecule has 2 aromatic rings. The van der Waals surface area contributed by atoms with Crippen molar-refractivity contribution in [3.05, 3.63) is 48.5 Å². The molecule has 1 saturated heterocycles. The van der Waals surface area contributed by atoms with Gasteiger partial charge in [0.25, 0.3) is 0 Å². The molecule has 2 aromatic carbocycles. The van der Waals surface area contributed by atoms with Gasteiger partial charge in [-0.1, -0.05) is 24.3 Å². The van der Waals surface area contributed by atoms with E-state index in [0.717, 1.165) is 37.6 Å². The Hall–Kier alpha value is -2.89. The van der Waals surface area contributed by atoms with E-state index in [-0.39, 0.29) is 5.91 Å². The van der Waals surface area contributed by atoms with Crippen LogP contribution in [0, 0.1) is 0 Å². The minimum atomic E-state index is 0.180. The minimum absolute atomic E-state index is 0.180. The fourth-order valence-corrected chi connectivity index (χ4v) is 3.26. The molecule has 1 fully saturated rings. The number of benzene rings is 2. The Balaban J connectivity index is 1.41. The first-order valence-corrected chi connectivity index (χ1v) is 9.32. The summed E-state index contributed by atoms with van der Waals surface area (Å²) in [7, 11) is 1.68. The average molecular weight is 369 g/mol. The quantitative estimate of drug-likeness (QED) is 0.600. The normalized spacial score (nSPS) is 14.1. The fraction of sp³-hybridized carbons (Fsp3) is 0.381. The fourth-order valence-electron chi connectivity index (χ4n) is 3.26. The molecule has 1 aliphatic heterocycles. The third-order valence-electron chi connectivity index (χ3n) is 4.77. The highest BCUT2D eigenvalue weighted by atomic mass is 16.5. The summed E-state index contributed by atoms with van der Waals surface area (Å²) in [5, 5.41) is 0. The van der Waals surface area contributed by atoms with Crippen molar-refractivity contribution in [3.8, 4) is 11.5 Å². The number of methoxy groups -OCH3 is 1. The molecule has 0 saturated carbocycles. The number of ether oxygens (including phenoxy) is 2. The first-order chi connectivity index (χ1) is 13.2. The van der Waals surface area contributed by atoms with Crippen LogP contribution in [0.1, 0.15) is 12.8 Å². The SMILES string of the molecule is COc1ccccc1N1CCN(C(=O)CCCOc2ccccc2N)CC1. The van der Waals surface area contributed by atoms with Crippen LogP contribution in [0.25, 0.3) is 0 Å². The van der Waals surface area contributed by atoms with Gasteiger partial charge in [-0.2, -0.15) is 0 Å². The lowest BCUT2D eigenvalue weighted by Gasteiger charge is -2.36. The van der Waals surface area contributed by atoms with E-state index >= 15 is 0 Å². The molecule has 1 heterocycles. The molecule has 0 aromatic heterocycles. The van der Waals surface area contributed by atoms with Crippen molar-refractivity contribution in [2.75, 3.05) is 50.5 Å². The maximum atomic E-state index is 12.4. The number of rotatable bonds is 7. The summed E-state index contributed by atoms with van der Waals surface area (Å²) in [6, 6.07) is 15.4. The number of amides is 1. The third-order valence-corrected chi connectivity index (χ3v) is 4.77. The van der Waals surface area contributed by atoms with Crippen LogP contribution in [0.2, 0.25) is 0 Å². The molecule has 1 amide bonds. The van der Waals surface area contributed by atoms with Crippen LogP contribution in [-0.2, 0) is 4.79 Å². The Kier molecular flexibility index (Phi) is 6.41.